The minimum atomic E-state index is -0.219. The summed E-state index contributed by atoms with van der Waals surface area (Å²) in [6, 6.07) is 127. The lowest BCUT2D eigenvalue weighted by molar-refractivity contribution is 0.488. The van der Waals surface area contributed by atoms with Crippen LogP contribution in [0.15, 0.2) is 346 Å². The lowest BCUT2D eigenvalue weighted by Crippen LogP contribution is -2.64. The summed E-state index contributed by atoms with van der Waals surface area (Å²) in [5, 5.41) is 4.64. The van der Waals surface area contributed by atoms with Crippen LogP contribution < -0.4 is 62.0 Å². The molecule has 8 heteroatoms. The van der Waals surface area contributed by atoms with Crippen molar-refractivity contribution in [2.45, 2.75) is 0 Å². The number of benzene rings is 15. The van der Waals surface area contributed by atoms with Crippen molar-refractivity contribution >= 4 is 153 Å². The van der Waals surface area contributed by atoms with Crippen molar-refractivity contribution in [3.8, 4) is 22.6 Å². The molecule has 0 fully saturated rings. The number of ether oxygens (including phenoxy) is 1. The molecule has 4 heterocycles. The number of para-hydroxylation sites is 8. The summed E-state index contributed by atoms with van der Waals surface area (Å²) in [7, 11) is 0. The van der Waals surface area contributed by atoms with Crippen LogP contribution in [0.5, 0.6) is 11.5 Å². The Morgan fingerprint density at radius 2 is 0.617 bits per heavy atom. The van der Waals surface area contributed by atoms with Gasteiger partial charge >= 0.3 is 0 Å². The van der Waals surface area contributed by atoms with Gasteiger partial charge in [-0.3, -0.25) is 0 Å². The predicted molar refractivity (Wildman–Crippen MR) is 396 cm³/mol. The predicted octanol–water partition coefficient (Wildman–Crippen LogP) is 19.1. The Bertz CT molecular complexity index is 5320. The molecule has 0 spiro atoms. The number of nitrogens with zero attached hydrogens (tertiary/aromatic N) is 5. The average Bonchev–Trinajstić information content (AvgIpc) is 0.689. The molecule has 94 heavy (non-hydrogen) atoms. The molecule has 15 aromatic rings. The highest BCUT2D eigenvalue weighted by molar-refractivity contribution is 7.02. The smallest absolute Gasteiger partial charge is 0.256 e. The largest absolute Gasteiger partial charge is 0.458 e. The topological polar surface area (TPSA) is 25.4 Å². The van der Waals surface area contributed by atoms with Crippen LogP contribution in [-0.4, -0.2) is 13.4 Å². The number of anilines is 15. The Balaban J connectivity index is 0.947. The van der Waals surface area contributed by atoms with E-state index in [1.165, 1.54) is 43.8 Å². The van der Waals surface area contributed by atoms with E-state index in [1.54, 1.807) is 0 Å². The second kappa shape index (κ2) is 21.7. The SMILES string of the molecule is c1ccc(-c2c3ccccc3c(N3c4cc5c(cc4B4c6ccccc6N(c6ccccc6)c6cc(N(c7ccccc7)c7ccccc7)cc3c64)B3c4ccccc4N(c4ccccc4)c4cc(N(c6ccccc6)c6ccccc6)cc(c43)O5)c3ccccc23)cc1. The Kier molecular flexibility index (Phi) is 12.4. The second-order valence-corrected chi connectivity index (χ2v) is 24.7. The molecule has 15 aromatic carbocycles. The number of hydrogen-bond acceptors (Lipinski definition) is 6. The molecular weight excluding hydrogens is 1140 g/mol. The van der Waals surface area contributed by atoms with E-state index >= 15 is 0 Å². The fourth-order valence-corrected chi connectivity index (χ4v) is 15.8. The molecule has 4 aliphatic heterocycles. The first-order valence-electron chi connectivity index (χ1n) is 32.4. The van der Waals surface area contributed by atoms with Crippen LogP contribution in [-0.2, 0) is 0 Å². The van der Waals surface area contributed by atoms with Crippen molar-refractivity contribution in [3.63, 3.8) is 0 Å². The standard InChI is InChI=1S/C86H57B2N5O/c1-8-30-58(31-9-1)83-67-44-22-24-46-69(67)86(70-47-25-23-45-68(70)83)93-77-57-81-74(88-72-49-27-29-51-76(72)92(64-42-20-7-21-43-64)80-54-66(55-82(94-81)85(80)88)90(61-36-14-4-15-37-61)62-38-16-5-17-39-62)56-73(77)87-71-48-26-28-50-75(71)91(63-40-18-6-19-41-63)78-52-65(53-79(93)84(78)87)89(59-32-10-2-11-33-59)60-34-12-3-13-35-60/h1-57H. The van der Waals surface area contributed by atoms with Crippen molar-refractivity contribution in [3.05, 3.63) is 346 Å². The maximum Gasteiger partial charge on any atom is 0.256 e. The average molecular weight is 1200 g/mol. The summed E-state index contributed by atoms with van der Waals surface area (Å²) in [5.74, 6) is 1.63. The van der Waals surface area contributed by atoms with Crippen molar-refractivity contribution in [2.24, 2.45) is 0 Å². The van der Waals surface area contributed by atoms with Crippen LogP contribution in [0, 0.1) is 0 Å². The Hall–Kier alpha value is -12.3. The number of hydrogen-bond donors (Lipinski definition) is 0. The van der Waals surface area contributed by atoms with Crippen LogP contribution in [0.4, 0.5) is 85.3 Å². The van der Waals surface area contributed by atoms with Crippen LogP contribution >= 0.6 is 0 Å². The molecule has 0 atom stereocenters. The lowest BCUT2D eigenvalue weighted by atomic mass is 9.30. The first-order valence-corrected chi connectivity index (χ1v) is 32.4. The molecule has 19 rings (SSSR count). The zero-order chi connectivity index (χ0) is 61.8. The first kappa shape index (κ1) is 53.6. The molecule has 438 valence electrons. The monoisotopic (exact) mass is 1200 g/mol. The van der Waals surface area contributed by atoms with Gasteiger partial charge < -0.3 is 29.2 Å². The molecular formula is C86H57B2N5O. The Morgan fingerprint density at radius 3 is 1.10 bits per heavy atom. The highest BCUT2D eigenvalue weighted by Crippen LogP contribution is 2.54. The third kappa shape index (κ3) is 8.32. The van der Waals surface area contributed by atoms with Crippen LogP contribution in [0.25, 0.3) is 32.7 Å². The normalized spacial score (nSPS) is 12.9. The van der Waals surface area contributed by atoms with Crippen LogP contribution in [0.1, 0.15) is 0 Å². The van der Waals surface area contributed by atoms with Gasteiger partial charge in [0, 0.05) is 91.2 Å². The maximum atomic E-state index is 7.91. The molecule has 0 saturated heterocycles. The summed E-state index contributed by atoms with van der Waals surface area (Å²) >= 11 is 0. The van der Waals surface area contributed by atoms with Gasteiger partial charge in [-0.15, -0.1) is 0 Å². The number of fused-ring (bicyclic) bond motifs is 10. The van der Waals surface area contributed by atoms with Crippen LogP contribution in [0.2, 0.25) is 0 Å². The fourth-order valence-electron chi connectivity index (χ4n) is 15.8. The van der Waals surface area contributed by atoms with E-state index in [0.29, 0.717) is 0 Å². The molecule has 6 nitrogen and oxygen atoms in total. The van der Waals surface area contributed by atoms with E-state index in [4.69, 9.17) is 4.74 Å². The minimum absolute atomic E-state index is 0.209. The van der Waals surface area contributed by atoms with E-state index in [9.17, 15) is 0 Å². The van der Waals surface area contributed by atoms with E-state index in [0.717, 1.165) is 119 Å². The Labute approximate surface area is 547 Å². The molecule has 0 unspecified atom stereocenters. The summed E-state index contributed by atoms with van der Waals surface area (Å²) in [6.45, 7) is -0.428. The van der Waals surface area contributed by atoms with Crippen LogP contribution in [0.3, 0.4) is 0 Å². The lowest BCUT2D eigenvalue weighted by Gasteiger charge is -2.46. The highest BCUT2D eigenvalue weighted by atomic mass is 16.5. The third-order valence-corrected chi connectivity index (χ3v) is 19.5. The van der Waals surface area contributed by atoms with Gasteiger partial charge in [0.05, 0.1) is 17.1 Å². The van der Waals surface area contributed by atoms with Gasteiger partial charge in [0.25, 0.3) is 13.4 Å². The van der Waals surface area contributed by atoms with Gasteiger partial charge in [-0.1, -0.05) is 231 Å². The van der Waals surface area contributed by atoms with Gasteiger partial charge in [0.1, 0.15) is 11.5 Å². The number of rotatable bonds is 10. The zero-order valence-corrected chi connectivity index (χ0v) is 51.2. The van der Waals surface area contributed by atoms with Gasteiger partial charge in [-0.2, -0.15) is 0 Å². The molecule has 0 saturated carbocycles. The van der Waals surface area contributed by atoms with Crippen molar-refractivity contribution < 1.29 is 4.74 Å². The van der Waals surface area contributed by atoms with Crippen molar-refractivity contribution in [2.75, 3.05) is 24.5 Å². The van der Waals surface area contributed by atoms with Crippen molar-refractivity contribution in [1.29, 1.82) is 0 Å². The molecule has 0 radical (unpaired) electrons. The van der Waals surface area contributed by atoms with Gasteiger partial charge in [0.2, 0.25) is 0 Å². The third-order valence-electron chi connectivity index (χ3n) is 19.5. The quantitative estimate of drug-likeness (QED) is 0.1000. The van der Waals surface area contributed by atoms with E-state index in [1.807, 2.05) is 0 Å². The molecule has 0 aliphatic carbocycles. The molecule has 4 aliphatic rings. The Morgan fingerprint density at radius 1 is 0.245 bits per heavy atom. The molecule has 0 bridgehead atoms. The minimum Gasteiger partial charge on any atom is -0.458 e. The first-order chi connectivity index (χ1) is 46.7. The van der Waals surface area contributed by atoms with Gasteiger partial charge in [0.15, 0.2) is 0 Å². The summed E-state index contributed by atoms with van der Waals surface area (Å²) < 4.78 is 7.91. The molecule has 0 amide bonds. The van der Waals surface area contributed by atoms with E-state index in [-0.39, 0.29) is 13.4 Å². The van der Waals surface area contributed by atoms with Crippen molar-refractivity contribution in [1.82, 2.24) is 0 Å². The van der Waals surface area contributed by atoms with E-state index in [2.05, 4.69) is 370 Å². The maximum absolute atomic E-state index is 7.91. The van der Waals surface area contributed by atoms with Gasteiger partial charge in [-0.05, 0) is 158 Å². The summed E-state index contributed by atoms with van der Waals surface area (Å²) in [4.78, 5) is 12.4. The molecule has 0 N–H and O–H groups in total. The second-order valence-electron chi connectivity index (χ2n) is 24.7. The van der Waals surface area contributed by atoms with E-state index < -0.39 is 0 Å². The highest BCUT2D eigenvalue weighted by Gasteiger charge is 2.48. The summed E-state index contributed by atoms with van der Waals surface area (Å²) in [6.07, 6.45) is 0. The van der Waals surface area contributed by atoms with Gasteiger partial charge in [-0.25, -0.2) is 0 Å². The zero-order valence-electron chi connectivity index (χ0n) is 51.2. The molecule has 0 aromatic heterocycles. The fraction of sp³-hybridized carbons (Fsp3) is 0. The summed E-state index contributed by atoms with van der Waals surface area (Å²) in [5.41, 5.74) is 25.6.